The molecule has 1 N–H and O–H groups in total. The average Bonchev–Trinajstić information content (AvgIpc) is 2.54. The maximum absolute atomic E-state index is 12.1. The normalized spacial score (nSPS) is 16.0. The minimum atomic E-state index is 0.143. The Balaban J connectivity index is 1.62. The molecule has 1 aromatic rings. The predicted octanol–water partition coefficient (Wildman–Crippen LogP) is 4.12. The lowest BCUT2D eigenvalue weighted by Gasteiger charge is -2.31. The van der Waals surface area contributed by atoms with E-state index in [0.717, 1.165) is 48.8 Å². The minimum Gasteiger partial charge on any atom is -0.353 e. The van der Waals surface area contributed by atoms with Gasteiger partial charge in [-0.1, -0.05) is 35.4 Å². The third-order valence-electron chi connectivity index (χ3n) is 4.10. The summed E-state index contributed by atoms with van der Waals surface area (Å²) in [7, 11) is 0. The second kappa shape index (κ2) is 10.1. The molecule has 0 unspecified atom stereocenters. The van der Waals surface area contributed by atoms with Gasteiger partial charge in [0.2, 0.25) is 5.91 Å². The number of allylic oxidation sites excluding steroid dienone is 1. The number of thioether (sulfide) groups is 1. The van der Waals surface area contributed by atoms with Crippen molar-refractivity contribution in [3.05, 3.63) is 46.5 Å². The molecule has 2 rings (SSSR count). The summed E-state index contributed by atoms with van der Waals surface area (Å²) in [5.41, 5.74) is 2.52. The van der Waals surface area contributed by atoms with Gasteiger partial charge in [0.25, 0.3) is 0 Å². The van der Waals surface area contributed by atoms with Crippen LogP contribution >= 0.6 is 23.4 Å². The minimum absolute atomic E-state index is 0.143. The molecule has 24 heavy (non-hydrogen) atoms. The van der Waals surface area contributed by atoms with Crippen LogP contribution < -0.4 is 5.32 Å². The Morgan fingerprint density at radius 1 is 1.38 bits per heavy atom. The maximum atomic E-state index is 12.1. The Hall–Kier alpha value is -0.970. The van der Waals surface area contributed by atoms with E-state index < -0.39 is 0 Å². The molecule has 0 aliphatic carbocycles. The van der Waals surface area contributed by atoms with Crippen molar-refractivity contribution >= 4 is 29.3 Å². The molecule has 1 aliphatic heterocycles. The van der Waals surface area contributed by atoms with Gasteiger partial charge in [-0.25, -0.2) is 0 Å². The van der Waals surface area contributed by atoms with Crippen LogP contribution in [0, 0.1) is 0 Å². The van der Waals surface area contributed by atoms with E-state index in [0.29, 0.717) is 11.8 Å². The van der Waals surface area contributed by atoms with Crippen LogP contribution in [0.3, 0.4) is 0 Å². The van der Waals surface area contributed by atoms with Gasteiger partial charge in [0, 0.05) is 36.5 Å². The summed E-state index contributed by atoms with van der Waals surface area (Å²) < 4.78 is 0. The molecule has 5 heteroatoms. The number of halogens is 1. The molecule has 0 spiro atoms. The molecule has 1 amide bonds. The number of likely N-dealkylation sites (tertiary alicyclic amines) is 1. The molecule has 0 aromatic heterocycles. The van der Waals surface area contributed by atoms with E-state index in [4.69, 9.17) is 11.6 Å². The van der Waals surface area contributed by atoms with Crippen molar-refractivity contribution in [1.29, 1.82) is 0 Å². The van der Waals surface area contributed by atoms with E-state index >= 15 is 0 Å². The standard InChI is InChI=1S/C19H27ClN2OS/c1-15(2)6-9-22-10-7-18(8-11-22)21-19(23)14-24-13-16-4-3-5-17(20)12-16/h3-6,12,18H,7-11,13-14H2,1-2H3,(H,21,23). The lowest BCUT2D eigenvalue weighted by atomic mass is 10.0. The van der Waals surface area contributed by atoms with Crippen molar-refractivity contribution < 1.29 is 4.79 Å². The monoisotopic (exact) mass is 366 g/mol. The fraction of sp³-hybridized carbons (Fsp3) is 0.526. The number of carbonyl (C=O) groups excluding carboxylic acids is 1. The molecule has 1 aliphatic rings. The average molecular weight is 367 g/mol. The largest absolute Gasteiger partial charge is 0.353 e. The highest BCUT2D eigenvalue weighted by Gasteiger charge is 2.19. The lowest BCUT2D eigenvalue weighted by molar-refractivity contribution is -0.119. The third-order valence-corrected chi connectivity index (χ3v) is 5.34. The number of carbonyl (C=O) groups is 1. The zero-order valence-corrected chi connectivity index (χ0v) is 16.1. The van der Waals surface area contributed by atoms with Gasteiger partial charge in [-0.05, 0) is 44.4 Å². The highest BCUT2D eigenvalue weighted by Crippen LogP contribution is 2.17. The Labute approximate surface area is 154 Å². The SMILES string of the molecule is CC(C)=CCN1CCC(NC(=O)CSCc2cccc(Cl)c2)CC1. The third kappa shape index (κ3) is 7.29. The van der Waals surface area contributed by atoms with Gasteiger partial charge < -0.3 is 5.32 Å². The number of amides is 1. The summed E-state index contributed by atoms with van der Waals surface area (Å²) in [4.78, 5) is 14.5. The van der Waals surface area contributed by atoms with Crippen molar-refractivity contribution in [2.45, 2.75) is 38.5 Å². The molecule has 0 radical (unpaired) electrons. The summed E-state index contributed by atoms with van der Waals surface area (Å²) in [6.45, 7) is 7.41. The zero-order chi connectivity index (χ0) is 17.4. The van der Waals surface area contributed by atoms with Gasteiger partial charge in [0.1, 0.15) is 0 Å². The topological polar surface area (TPSA) is 32.3 Å². The highest BCUT2D eigenvalue weighted by atomic mass is 35.5. The van der Waals surface area contributed by atoms with Gasteiger partial charge in [0.05, 0.1) is 5.75 Å². The van der Waals surface area contributed by atoms with Crippen molar-refractivity contribution in [3.63, 3.8) is 0 Å². The van der Waals surface area contributed by atoms with Crippen LogP contribution in [0.15, 0.2) is 35.9 Å². The predicted molar refractivity (Wildman–Crippen MR) is 105 cm³/mol. The number of nitrogens with one attached hydrogen (secondary N) is 1. The molecule has 132 valence electrons. The number of hydrogen-bond acceptors (Lipinski definition) is 3. The quantitative estimate of drug-likeness (QED) is 0.737. The van der Waals surface area contributed by atoms with E-state index in [1.807, 2.05) is 24.3 Å². The zero-order valence-electron chi connectivity index (χ0n) is 14.6. The molecule has 0 bridgehead atoms. The van der Waals surface area contributed by atoms with E-state index in [-0.39, 0.29) is 5.91 Å². The Kier molecular flexibility index (Phi) is 8.16. The van der Waals surface area contributed by atoms with Crippen LogP contribution in [-0.2, 0) is 10.5 Å². The summed E-state index contributed by atoms with van der Waals surface area (Å²) in [6, 6.07) is 8.13. The number of nitrogens with zero attached hydrogens (tertiary/aromatic N) is 1. The summed E-state index contributed by atoms with van der Waals surface area (Å²) in [5.74, 6) is 1.46. The van der Waals surface area contributed by atoms with Crippen LogP contribution in [-0.4, -0.2) is 42.2 Å². The van der Waals surface area contributed by atoms with Crippen LogP contribution in [0.4, 0.5) is 0 Å². The van der Waals surface area contributed by atoms with Crippen molar-refractivity contribution in [2.24, 2.45) is 0 Å². The van der Waals surface area contributed by atoms with Crippen molar-refractivity contribution in [1.82, 2.24) is 10.2 Å². The molecule has 3 nitrogen and oxygen atoms in total. The van der Waals surface area contributed by atoms with Crippen LogP contribution in [0.5, 0.6) is 0 Å². The molecule has 1 heterocycles. The second-order valence-electron chi connectivity index (χ2n) is 6.55. The molecule has 1 fully saturated rings. The molecule has 1 saturated heterocycles. The van der Waals surface area contributed by atoms with Gasteiger partial charge in [-0.2, -0.15) is 0 Å². The molecule has 0 saturated carbocycles. The Morgan fingerprint density at radius 2 is 2.12 bits per heavy atom. The first kappa shape index (κ1) is 19.4. The van der Waals surface area contributed by atoms with E-state index in [1.165, 1.54) is 5.57 Å². The first-order valence-corrected chi connectivity index (χ1v) is 10.0. The van der Waals surface area contributed by atoms with Crippen molar-refractivity contribution in [2.75, 3.05) is 25.4 Å². The first-order chi connectivity index (χ1) is 11.5. The summed E-state index contributed by atoms with van der Waals surface area (Å²) in [6.07, 6.45) is 4.36. The van der Waals surface area contributed by atoms with Gasteiger partial charge in [-0.3, -0.25) is 9.69 Å². The highest BCUT2D eigenvalue weighted by molar-refractivity contribution is 7.99. The Morgan fingerprint density at radius 3 is 2.79 bits per heavy atom. The van der Waals surface area contributed by atoms with Crippen LogP contribution in [0.1, 0.15) is 32.3 Å². The Bertz CT molecular complexity index is 564. The fourth-order valence-electron chi connectivity index (χ4n) is 2.73. The van der Waals surface area contributed by atoms with E-state index in [1.54, 1.807) is 11.8 Å². The van der Waals surface area contributed by atoms with E-state index in [9.17, 15) is 4.79 Å². The molecular formula is C19H27ClN2OS. The van der Waals surface area contributed by atoms with Crippen LogP contribution in [0.2, 0.25) is 5.02 Å². The number of rotatable bonds is 7. The number of benzene rings is 1. The first-order valence-electron chi connectivity index (χ1n) is 8.50. The van der Waals surface area contributed by atoms with Gasteiger partial charge in [-0.15, -0.1) is 11.8 Å². The molecular weight excluding hydrogens is 340 g/mol. The smallest absolute Gasteiger partial charge is 0.230 e. The van der Waals surface area contributed by atoms with Crippen LogP contribution in [0.25, 0.3) is 0 Å². The second-order valence-corrected chi connectivity index (χ2v) is 7.97. The summed E-state index contributed by atoms with van der Waals surface area (Å²) in [5, 5.41) is 3.92. The number of piperidine rings is 1. The molecule has 1 aromatic carbocycles. The molecule has 0 atom stereocenters. The lowest BCUT2D eigenvalue weighted by Crippen LogP contribution is -2.45. The van der Waals surface area contributed by atoms with Crippen molar-refractivity contribution in [3.8, 4) is 0 Å². The summed E-state index contributed by atoms with van der Waals surface area (Å²) >= 11 is 7.61. The van der Waals surface area contributed by atoms with Gasteiger partial charge in [0.15, 0.2) is 0 Å². The van der Waals surface area contributed by atoms with E-state index in [2.05, 4.69) is 30.1 Å². The maximum Gasteiger partial charge on any atom is 0.230 e. The fourth-order valence-corrected chi connectivity index (χ4v) is 3.73. The number of hydrogen-bond donors (Lipinski definition) is 1. The van der Waals surface area contributed by atoms with Gasteiger partial charge >= 0.3 is 0 Å².